The van der Waals surface area contributed by atoms with Crippen molar-refractivity contribution in [2.24, 2.45) is 0 Å². The average molecular weight is 393 g/mol. The second-order valence-electron chi connectivity index (χ2n) is 6.79. The van der Waals surface area contributed by atoms with E-state index < -0.39 is 15.4 Å². The first-order chi connectivity index (χ1) is 12.8. The number of hydrogen-bond acceptors (Lipinski definition) is 6. The van der Waals surface area contributed by atoms with Crippen molar-refractivity contribution in [3.05, 3.63) is 42.0 Å². The SMILES string of the molecule is COc1ccc(C(C)(C)CNS(=O)(=O)c2ccc3c(c2)OCO3)cc1OC. The van der Waals surface area contributed by atoms with E-state index in [0.29, 0.717) is 23.0 Å². The smallest absolute Gasteiger partial charge is 0.240 e. The first-order valence-electron chi connectivity index (χ1n) is 8.39. The Bertz CT molecular complexity index is 939. The fourth-order valence-electron chi connectivity index (χ4n) is 2.76. The molecule has 0 spiro atoms. The zero-order valence-electron chi connectivity index (χ0n) is 15.7. The quantitative estimate of drug-likeness (QED) is 0.779. The zero-order valence-corrected chi connectivity index (χ0v) is 16.6. The van der Waals surface area contributed by atoms with Crippen molar-refractivity contribution in [2.45, 2.75) is 24.2 Å². The maximum absolute atomic E-state index is 12.7. The van der Waals surface area contributed by atoms with Gasteiger partial charge in [-0.1, -0.05) is 19.9 Å². The van der Waals surface area contributed by atoms with Gasteiger partial charge in [0.05, 0.1) is 19.1 Å². The lowest BCUT2D eigenvalue weighted by Gasteiger charge is -2.26. The van der Waals surface area contributed by atoms with Gasteiger partial charge < -0.3 is 18.9 Å². The summed E-state index contributed by atoms with van der Waals surface area (Å²) in [4.78, 5) is 0.134. The number of rotatable bonds is 7. The Labute approximate surface area is 159 Å². The Morgan fingerprint density at radius 1 is 1.00 bits per heavy atom. The number of fused-ring (bicyclic) bond motifs is 1. The van der Waals surface area contributed by atoms with E-state index >= 15 is 0 Å². The van der Waals surface area contributed by atoms with Gasteiger partial charge in [-0.2, -0.15) is 0 Å². The van der Waals surface area contributed by atoms with Crippen LogP contribution >= 0.6 is 0 Å². The molecule has 8 heteroatoms. The van der Waals surface area contributed by atoms with Crippen molar-refractivity contribution in [3.63, 3.8) is 0 Å². The predicted octanol–water partition coefficient (Wildman–Crippen LogP) is 2.69. The lowest BCUT2D eigenvalue weighted by Crippen LogP contribution is -2.36. The molecule has 146 valence electrons. The van der Waals surface area contributed by atoms with Crippen LogP contribution in [0.5, 0.6) is 23.0 Å². The predicted molar refractivity (Wildman–Crippen MR) is 100 cm³/mol. The average Bonchev–Trinajstić information content (AvgIpc) is 3.13. The summed E-state index contributed by atoms with van der Waals surface area (Å²) in [5.41, 5.74) is 0.455. The lowest BCUT2D eigenvalue weighted by atomic mass is 9.85. The van der Waals surface area contributed by atoms with Crippen LogP contribution in [0.3, 0.4) is 0 Å². The third kappa shape index (κ3) is 3.96. The molecule has 1 aliphatic rings. The maximum Gasteiger partial charge on any atom is 0.240 e. The second kappa shape index (κ2) is 7.28. The van der Waals surface area contributed by atoms with Crippen LogP contribution in [0.4, 0.5) is 0 Å². The summed E-state index contributed by atoms with van der Waals surface area (Å²) >= 11 is 0. The summed E-state index contributed by atoms with van der Waals surface area (Å²) in [6.45, 7) is 4.21. The van der Waals surface area contributed by atoms with Gasteiger partial charge in [-0.15, -0.1) is 0 Å². The number of methoxy groups -OCH3 is 2. The molecule has 0 saturated heterocycles. The summed E-state index contributed by atoms with van der Waals surface area (Å²) in [7, 11) is -0.555. The summed E-state index contributed by atoms with van der Waals surface area (Å²) < 4.78 is 49.1. The van der Waals surface area contributed by atoms with E-state index in [2.05, 4.69) is 4.72 Å². The van der Waals surface area contributed by atoms with Gasteiger partial charge in [-0.25, -0.2) is 13.1 Å². The molecule has 0 unspecified atom stereocenters. The third-order valence-corrected chi connectivity index (χ3v) is 5.92. The van der Waals surface area contributed by atoms with E-state index in [-0.39, 0.29) is 18.2 Å². The normalized spacial score (nSPS) is 13.5. The third-order valence-electron chi connectivity index (χ3n) is 4.52. The monoisotopic (exact) mass is 393 g/mol. The number of hydrogen-bond donors (Lipinski definition) is 1. The molecule has 2 aromatic rings. The van der Waals surface area contributed by atoms with Crippen molar-refractivity contribution in [2.75, 3.05) is 27.6 Å². The topological polar surface area (TPSA) is 83.1 Å². The van der Waals surface area contributed by atoms with Crippen LogP contribution in [-0.2, 0) is 15.4 Å². The van der Waals surface area contributed by atoms with E-state index in [1.807, 2.05) is 32.0 Å². The minimum absolute atomic E-state index is 0.0958. The Morgan fingerprint density at radius 2 is 1.70 bits per heavy atom. The Hall–Kier alpha value is -2.45. The second-order valence-corrected chi connectivity index (χ2v) is 8.56. The maximum atomic E-state index is 12.7. The number of benzene rings is 2. The molecule has 0 saturated carbocycles. The molecule has 0 radical (unpaired) electrons. The molecule has 0 bridgehead atoms. The largest absolute Gasteiger partial charge is 0.493 e. The van der Waals surface area contributed by atoms with Gasteiger partial charge in [0.2, 0.25) is 16.8 Å². The molecule has 0 aromatic heterocycles. The van der Waals surface area contributed by atoms with E-state index in [4.69, 9.17) is 18.9 Å². The summed E-state index contributed by atoms with van der Waals surface area (Å²) in [5.74, 6) is 2.19. The molecule has 7 nitrogen and oxygen atoms in total. The summed E-state index contributed by atoms with van der Waals surface area (Å²) in [5, 5.41) is 0. The Kier molecular flexibility index (Phi) is 5.21. The lowest BCUT2D eigenvalue weighted by molar-refractivity contribution is 0.174. The first kappa shape index (κ1) is 19.3. The number of nitrogens with one attached hydrogen (secondary N) is 1. The van der Waals surface area contributed by atoms with Crippen LogP contribution < -0.4 is 23.7 Å². The zero-order chi connectivity index (χ0) is 19.7. The van der Waals surface area contributed by atoms with E-state index in [1.165, 1.54) is 12.1 Å². The van der Waals surface area contributed by atoms with Crippen LogP contribution in [0.1, 0.15) is 19.4 Å². The van der Waals surface area contributed by atoms with Gasteiger partial charge in [0.15, 0.2) is 23.0 Å². The minimum Gasteiger partial charge on any atom is -0.493 e. The Balaban J connectivity index is 1.78. The molecule has 2 aromatic carbocycles. The van der Waals surface area contributed by atoms with Crippen molar-refractivity contribution >= 4 is 10.0 Å². The van der Waals surface area contributed by atoms with Crippen LogP contribution in [0.15, 0.2) is 41.3 Å². The van der Waals surface area contributed by atoms with Crippen LogP contribution in [0, 0.1) is 0 Å². The van der Waals surface area contributed by atoms with Gasteiger partial charge >= 0.3 is 0 Å². The number of ether oxygens (including phenoxy) is 4. The highest BCUT2D eigenvalue weighted by Crippen LogP contribution is 2.35. The summed E-state index contributed by atoms with van der Waals surface area (Å²) in [6, 6.07) is 10.1. The molecular formula is C19H23NO6S. The van der Waals surface area contributed by atoms with Crippen molar-refractivity contribution < 1.29 is 27.4 Å². The Morgan fingerprint density at radius 3 is 2.41 bits per heavy atom. The molecular weight excluding hydrogens is 370 g/mol. The fraction of sp³-hybridized carbons (Fsp3) is 0.368. The molecule has 0 atom stereocenters. The molecule has 0 fully saturated rings. The molecule has 1 heterocycles. The standard InChI is InChI=1S/C19H23NO6S/c1-19(2,13-5-7-15(23-3)17(9-13)24-4)11-20-27(21,22)14-6-8-16-18(10-14)26-12-25-16/h5-10,20H,11-12H2,1-4H3. The van der Waals surface area contributed by atoms with E-state index in [0.717, 1.165) is 5.56 Å². The molecule has 1 N–H and O–H groups in total. The molecule has 1 aliphatic heterocycles. The van der Waals surface area contributed by atoms with Gasteiger partial charge in [0.25, 0.3) is 0 Å². The molecule has 27 heavy (non-hydrogen) atoms. The van der Waals surface area contributed by atoms with Crippen molar-refractivity contribution in [1.29, 1.82) is 0 Å². The van der Waals surface area contributed by atoms with Gasteiger partial charge in [-0.3, -0.25) is 0 Å². The highest BCUT2D eigenvalue weighted by molar-refractivity contribution is 7.89. The van der Waals surface area contributed by atoms with Crippen LogP contribution in [0.25, 0.3) is 0 Å². The van der Waals surface area contributed by atoms with Gasteiger partial charge in [0.1, 0.15) is 0 Å². The molecule has 0 aliphatic carbocycles. The number of sulfonamides is 1. The van der Waals surface area contributed by atoms with E-state index in [1.54, 1.807) is 20.3 Å². The highest BCUT2D eigenvalue weighted by Gasteiger charge is 2.26. The highest BCUT2D eigenvalue weighted by atomic mass is 32.2. The minimum atomic E-state index is -3.69. The van der Waals surface area contributed by atoms with Crippen molar-refractivity contribution in [1.82, 2.24) is 4.72 Å². The van der Waals surface area contributed by atoms with Crippen LogP contribution in [0.2, 0.25) is 0 Å². The van der Waals surface area contributed by atoms with E-state index in [9.17, 15) is 8.42 Å². The van der Waals surface area contributed by atoms with Crippen LogP contribution in [-0.4, -0.2) is 36.0 Å². The molecule has 3 rings (SSSR count). The summed E-state index contributed by atoms with van der Waals surface area (Å²) in [6.07, 6.45) is 0. The van der Waals surface area contributed by atoms with Crippen molar-refractivity contribution in [3.8, 4) is 23.0 Å². The molecule has 0 amide bonds. The van der Waals surface area contributed by atoms with Gasteiger partial charge in [-0.05, 0) is 29.8 Å². The van der Waals surface area contributed by atoms with Gasteiger partial charge in [0, 0.05) is 18.0 Å². The first-order valence-corrected chi connectivity index (χ1v) is 9.87. The fourth-order valence-corrected chi connectivity index (χ4v) is 3.99.